The normalized spacial score (nSPS) is 24.4. The van der Waals surface area contributed by atoms with Gasteiger partial charge in [-0.25, -0.2) is 4.98 Å². The van der Waals surface area contributed by atoms with Crippen LogP contribution in [0, 0.1) is 17.0 Å². The predicted octanol–water partition coefficient (Wildman–Crippen LogP) is 2.96. The van der Waals surface area contributed by atoms with E-state index in [-0.39, 0.29) is 0 Å². The van der Waals surface area contributed by atoms with Gasteiger partial charge in [0.25, 0.3) is 0 Å². The standard InChI is InChI=1S/C10H14N2S/c1-6-4-8(13)12-9(11-6)7-5-10(7,2)3/h4,7H,5H2,1-3H3,(H,11,12,13). The molecule has 1 aliphatic rings. The highest BCUT2D eigenvalue weighted by Gasteiger charge is 2.48. The highest BCUT2D eigenvalue weighted by Crippen LogP contribution is 2.57. The van der Waals surface area contributed by atoms with Gasteiger partial charge in [-0.15, -0.1) is 0 Å². The lowest BCUT2D eigenvalue weighted by molar-refractivity contribution is 0.607. The van der Waals surface area contributed by atoms with E-state index in [0.717, 1.165) is 11.5 Å². The fraction of sp³-hybridized carbons (Fsp3) is 0.600. The smallest absolute Gasteiger partial charge is 0.129 e. The lowest BCUT2D eigenvalue weighted by atomic mass is 10.1. The Bertz CT molecular complexity index is 392. The largest absolute Gasteiger partial charge is 0.347 e. The molecule has 1 unspecified atom stereocenters. The number of hydrogen-bond donors (Lipinski definition) is 1. The molecule has 0 aromatic carbocycles. The Labute approximate surface area is 83.4 Å². The Balaban J connectivity index is 2.38. The zero-order valence-corrected chi connectivity index (χ0v) is 9.03. The Morgan fingerprint density at radius 1 is 1.62 bits per heavy atom. The third kappa shape index (κ3) is 1.66. The number of hydrogen-bond acceptors (Lipinski definition) is 2. The molecular weight excluding hydrogens is 180 g/mol. The molecule has 0 radical (unpaired) electrons. The minimum absolute atomic E-state index is 0.416. The lowest BCUT2D eigenvalue weighted by Gasteiger charge is -2.03. The average Bonchev–Trinajstić information content (AvgIpc) is 2.57. The molecule has 1 fully saturated rings. The fourth-order valence-corrected chi connectivity index (χ4v) is 1.98. The van der Waals surface area contributed by atoms with E-state index in [0.29, 0.717) is 16.0 Å². The molecule has 1 saturated carbocycles. The van der Waals surface area contributed by atoms with Crippen molar-refractivity contribution in [2.24, 2.45) is 5.41 Å². The molecule has 70 valence electrons. The van der Waals surface area contributed by atoms with Crippen LogP contribution in [0.5, 0.6) is 0 Å². The van der Waals surface area contributed by atoms with Crippen LogP contribution in [-0.2, 0) is 0 Å². The van der Waals surface area contributed by atoms with E-state index < -0.39 is 0 Å². The number of aromatic amines is 1. The van der Waals surface area contributed by atoms with Crippen LogP contribution in [0.15, 0.2) is 6.07 Å². The van der Waals surface area contributed by atoms with Crippen molar-refractivity contribution in [3.63, 3.8) is 0 Å². The lowest BCUT2D eigenvalue weighted by Crippen LogP contribution is -1.98. The summed E-state index contributed by atoms with van der Waals surface area (Å²) < 4.78 is 0.703. The van der Waals surface area contributed by atoms with Crippen molar-refractivity contribution in [3.8, 4) is 0 Å². The summed E-state index contributed by atoms with van der Waals surface area (Å²) in [6, 6.07) is 1.90. The minimum atomic E-state index is 0.416. The number of rotatable bonds is 1. The summed E-state index contributed by atoms with van der Waals surface area (Å²) >= 11 is 5.08. The van der Waals surface area contributed by atoms with Gasteiger partial charge in [0.15, 0.2) is 0 Å². The van der Waals surface area contributed by atoms with Crippen molar-refractivity contribution < 1.29 is 0 Å². The molecule has 2 rings (SSSR count). The van der Waals surface area contributed by atoms with Gasteiger partial charge in [0.1, 0.15) is 10.5 Å². The molecule has 0 spiro atoms. The van der Waals surface area contributed by atoms with Gasteiger partial charge in [-0.3, -0.25) is 0 Å². The first-order valence-electron chi connectivity index (χ1n) is 4.57. The number of nitrogens with zero attached hydrogens (tertiary/aromatic N) is 1. The fourth-order valence-electron chi connectivity index (χ4n) is 1.70. The van der Waals surface area contributed by atoms with Crippen LogP contribution in [0.4, 0.5) is 0 Å². The highest BCUT2D eigenvalue weighted by molar-refractivity contribution is 7.71. The maximum Gasteiger partial charge on any atom is 0.129 e. The summed E-state index contributed by atoms with van der Waals surface area (Å²) in [7, 11) is 0. The highest BCUT2D eigenvalue weighted by atomic mass is 32.1. The van der Waals surface area contributed by atoms with Crippen LogP contribution in [0.25, 0.3) is 0 Å². The Morgan fingerprint density at radius 2 is 2.23 bits per heavy atom. The quantitative estimate of drug-likeness (QED) is 0.696. The molecule has 1 atom stereocenters. The average molecular weight is 194 g/mol. The maximum absolute atomic E-state index is 5.08. The Morgan fingerprint density at radius 3 is 2.69 bits per heavy atom. The zero-order valence-electron chi connectivity index (χ0n) is 8.22. The second-order valence-corrected chi connectivity index (χ2v) is 4.95. The second-order valence-electron chi connectivity index (χ2n) is 4.53. The zero-order chi connectivity index (χ0) is 9.64. The molecule has 0 bridgehead atoms. The van der Waals surface area contributed by atoms with Gasteiger partial charge in [-0.05, 0) is 24.8 Å². The van der Waals surface area contributed by atoms with Crippen LogP contribution in [0.1, 0.15) is 37.7 Å². The molecule has 0 amide bonds. The van der Waals surface area contributed by atoms with Crippen molar-refractivity contribution in [3.05, 3.63) is 22.2 Å². The molecule has 1 N–H and O–H groups in total. The first kappa shape index (κ1) is 8.88. The summed E-state index contributed by atoms with van der Waals surface area (Å²) in [5.74, 6) is 1.64. The first-order valence-corrected chi connectivity index (χ1v) is 4.98. The minimum Gasteiger partial charge on any atom is -0.347 e. The molecule has 0 saturated heterocycles. The molecule has 2 nitrogen and oxygen atoms in total. The molecule has 1 aromatic rings. The van der Waals surface area contributed by atoms with Crippen LogP contribution < -0.4 is 0 Å². The van der Waals surface area contributed by atoms with E-state index in [1.807, 2.05) is 13.0 Å². The van der Waals surface area contributed by atoms with E-state index in [1.54, 1.807) is 0 Å². The Hall–Kier alpha value is -0.700. The molecule has 1 heterocycles. The topological polar surface area (TPSA) is 28.7 Å². The van der Waals surface area contributed by atoms with Crippen molar-refractivity contribution in [1.82, 2.24) is 9.97 Å². The molecule has 1 aromatic heterocycles. The van der Waals surface area contributed by atoms with Crippen molar-refractivity contribution in [2.45, 2.75) is 33.1 Å². The van der Waals surface area contributed by atoms with Gasteiger partial charge in [0.05, 0.1) is 0 Å². The molecular formula is C10H14N2S. The summed E-state index contributed by atoms with van der Waals surface area (Å²) in [6.45, 7) is 6.55. The van der Waals surface area contributed by atoms with E-state index >= 15 is 0 Å². The number of nitrogens with one attached hydrogen (secondary N) is 1. The SMILES string of the molecule is Cc1cc(=S)nc(C2CC2(C)C)[nH]1. The number of aryl methyl sites for hydroxylation is 1. The van der Waals surface area contributed by atoms with Crippen LogP contribution >= 0.6 is 12.2 Å². The van der Waals surface area contributed by atoms with Crippen LogP contribution in [0.2, 0.25) is 0 Å². The third-order valence-corrected chi connectivity index (χ3v) is 2.95. The van der Waals surface area contributed by atoms with Crippen molar-refractivity contribution >= 4 is 12.2 Å². The van der Waals surface area contributed by atoms with E-state index in [9.17, 15) is 0 Å². The van der Waals surface area contributed by atoms with Crippen LogP contribution in [0.3, 0.4) is 0 Å². The maximum atomic E-state index is 5.08. The Kier molecular flexibility index (Phi) is 1.80. The summed E-state index contributed by atoms with van der Waals surface area (Å²) in [6.07, 6.45) is 1.22. The molecule has 13 heavy (non-hydrogen) atoms. The predicted molar refractivity (Wildman–Crippen MR) is 55.3 cm³/mol. The summed E-state index contributed by atoms with van der Waals surface area (Å²) in [4.78, 5) is 7.64. The van der Waals surface area contributed by atoms with Gasteiger partial charge < -0.3 is 4.98 Å². The number of H-pyrrole nitrogens is 1. The van der Waals surface area contributed by atoms with Gasteiger partial charge in [0, 0.05) is 11.6 Å². The summed E-state index contributed by atoms with van der Waals surface area (Å²) in [5, 5.41) is 0. The monoisotopic (exact) mass is 194 g/mol. The number of aromatic nitrogens is 2. The van der Waals surface area contributed by atoms with E-state index in [4.69, 9.17) is 12.2 Å². The van der Waals surface area contributed by atoms with Gasteiger partial charge in [0.2, 0.25) is 0 Å². The van der Waals surface area contributed by atoms with E-state index in [1.165, 1.54) is 6.42 Å². The van der Waals surface area contributed by atoms with Crippen molar-refractivity contribution in [2.75, 3.05) is 0 Å². The van der Waals surface area contributed by atoms with Crippen LogP contribution in [-0.4, -0.2) is 9.97 Å². The van der Waals surface area contributed by atoms with Gasteiger partial charge in [-0.2, -0.15) is 0 Å². The van der Waals surface area contributed by atoms with Crippen molar-refractivity contribution in [1.29, 1.82) is 0 Å². The van der Waals surface area contributed by atoms with E-state index in [2.05, 4.69) is 23.8 Å². The van der Waals surface area contributed by atoms with Gasteiger partial charge >= 0.3 is 0 Å². The first-order chi connectivity index (χ1) is 5.99. The second kappa shape index (κ2) is 2.64. The summed E-state index contributed by atoms with van der Waals surface area (Å²) in [5.41, 5.74) is 1.52. The molecule has 1 aliphatic carbocycles. The van der Waals surface area contributed by atoms with Gasteiger partial charge in [-0.1, -0.05) is 26.1 Å². The molecule has 3 heteroatoms. The third-order valence-electron chi connectivity index (χ3n) is 2.74. The molecule has 0 aliphatic heterocycles.